The first-order chi connectivity index (χ1) is 12.4. The van der Waals surface area contributed by atoms with Crippen molar-refractivity contribution in [2.75, 3.05) is 13.7 Å². The van der Waals surface area contributed by atoms with Crippen LogP contribution in [0.5, 0.6) is 5.75 Å². The molecule has 0 saturated heterocycles. The first kappa shape index (κ1) is 20.0. The number of halogens is 3. The SMILES string of the molecule is COc1ccc(CC(=O)OCC(=O)NCc2ccc(Cl)cc2Cl)cc1F. The number of benzene rings is 2. The zero-order valence-corrected chi connectivity index (χ0v) is 15.4. The molecule has 26 heavy (non-hydrogen) atoms. The van der Waals surface area contributed by atoms with E-state index in [-0.39, 0.29) is 18.7 Å². The molecule has 0 aliphatic carbocycles. The summed E-state index contributed by atoms with van der Waals surface area (Å²) in [5, 5.41) is 3.50. The standard InChI is InChI=1S/C18H16Cl2FNO4/c1-25-16-5-2-11(6-15(16)21)7-18(24)26-10-17(23)22-9-12-3-4-13(19)8-14(12)20/h2-6,8H,7,9-10H2,1H3,(H,22,23). The Morgan fingerprint density at radius 3 is 2.58 bits per heavy atom. The van der Waals surface area contributed by atoms with Gasteiger partial charge in [-0.1, -0.05) is 35.3 Å². The van der Waals surface area contributed by atoms with Crippen LogP contribution in [0.2, 0.25) is 10.0 Å². The van der Waals surface area contributed by atoms with Gasteiger partial charge in [0.05, 0.1) is 13.5 Å². The average molecular weight is 400 g/mol. The number of ether oxygens (including phenoxy) is 2. The summed E-state index contributed by atoms with van der Waals surface area (Å²) in [5.41, 5.74) is 1.10. The third-order valence-electron chi connectivity index (χ3n) is 3.42. The van der Waals surface area contributed by atoms with Crippen molar-refractivity contribution < 1.29 is 23.5 Å². The predicted molar refractivity (Wildman–Crippen MR) is 95.9 cm³/mol. The van der Waals surface area contributed by atoms with Crippen molar-refractivity contribution in [1.29, 1.82) is 0 Å². The number of amides is 1. The molecule has 0 bridgehead atoms. The molecular formula is C18H16Cl2FNO4. The summed E-state index contributed by atoms with van der Waals surface area (Å²) >= 11 is 11.8. The quantitative estimate of drug-likeness (QED) is 0.723. The maximum absolute atomic E-state index is 13.6. The van der Waals surface area contributed by atoms with Crippen molar-refractivity contribution in [2.45, 2.75) is 13.0 Å². The molecule has 138 valence electrons. The predicted octanol–water partition coefficient (Wildman–Crippen LogP) is 3.54. The summed E-state index contributed by atoms with van der Waals surface area (Å²) in [4.78, 5) is 23.5. The second-order valence-corrected chi connectivity index (χ2v) is 6.16. The van der Waals surface area contributed by atoms with Gasteiger partial charge >= 0.3 is 5.97 Å². The molecule has 5 nitrogen and oxygen atoms in total. The molecule has 0 atom stereocenters. The Morgan fingerprint density at radius 1 is 1.15 bits per heavy atom. The van der Waals surface area contributed by atoms with E-state index in [1.165, 1.54) is 19.2 Å². The second kappa shape index (κ2) is 9.40. The zero-order valence-electron chi connectivity index (χ0n) is 13.9. The molecule has 8 heteroatoms. The van der Waals surface area contributed by atoms with Crippen LogP contribution in [0.1, 0.15) is 11.1 Å². The van der Waals surface area contributed by atoms with Gasteiger partial charge in [-0.3, -0.25) is 9.59 Å². The highest BCUT2D eigenvalue weighted by Gasteiger charge is 2.11. The van der Waals surface area contributed by atoms with Gasteiger partial charge in [0, 0.05) is 16.6 Å². The fourth-order valence-electron chi connectivity index (χ4n) is 2.09. The van der Waals surface area contributed by atoms with Crippen LogP contribution in [0.3, 0.4) is 0 Å². The van der Waals surface area contributed by atoms with Gasteiger partial charge in [-0.05, 0) is 35.4 Å². The van der Waals surface area contributed by atoms with Gasteiger partial charge in [-0.15, -0.1) is 0 Å². The maximum Gasteiger partial charge on any atom is 0.310 e. The summed E-state index contributed by atoms with van der Waals surface area (Å²) < 4.78 is 23.3. The molecule has 2 rings (SSSR count). The fraction of sp³-hybridized carbons (Fsp3) is 0.222. The molecule has 0 fully saturated rings. The highest BCUT2D eigenvalue weighted by Crippen LogP contribution is 2.20. The lowest BCUT2D eigenvalue weighted by atomic mass is 10.1. The van der Waals surface area contributed by atoms with Crippen LogP contribution in [0.4, 0.5) is 4.39 Å². The lowest BCUT2D eigenvalue weighted by Crippen LogP contribution is -2.28. The van der Waals surface area contributed by atoms with Crippen LogP contribution in [0.25, 0.3) is 0 Å². The van der Waals surface area contributed by atoms with Gasteiger partial charge in [0.2, 0.25) is 0 Å². The van der Waals surface area contributed by atoms with Crippen LogP contribution in [0, 0.1) is 5.82 Å². The Balaban J connectivity index is 1.77. The minimum Gasteiger partial charge on any atom is -0.494 e. The highest BCUT2D eigenvalue weighted by atomic mass is 35.5. The zero-order chi connectivity index (χ0) is 19.1. The number of nitrogens with one attached hydrogen (secondary N) is 1. The van der Waals surface area contributed by atoms with E-state index in [2.05, 4.69) is 5.32 Å². The summed E-state index contributed by atoms with van der Waals surface area (Å²) in [7, 11) is 1.35. The molecule has 0 unspecified atom stereocenters. The van der Waals surface area contributed by atoms with E-state index in [0.717, 1.165) is 0 Å². The summed E-state index contributed by atoms with van der Waals surface area (Å²) in [6.07, 6.45) is -0.156. The van der Waals surface area contributed by atoms with E-state index in [0.29, 0.717) is 21.2 Å². The van der Waals surface area contributed by atoms with E-state index in [9.17, 15) is 14.0 Å². The summed E-state index contributed by atoms with van der Waals surface area (Å²) in [6.45, 7) is -0.265. The first-order valence-electron chi connectivity index (χ1n) is 7.57. The Bertz CT molecular complexity index is 814. The lowest BCUT2D eigenvalue weighted by Gasteiger charge is -2.09. The van der Waals surface area contributed by atoms with Gasteiger partial charge in [0.25, 0.3) is 5.91 Å². The van der Waals surface area contributed by atoms with Crippen LogP contribution < -0.4 is 10.1 Å². The van der Waals surface area contributed by atoms with Crippen molar-refractivity contribution >= 4 is 35.1 Å². The Morgan fingerprint density at radius 2 is 1.92 bits per heavy atom. The number of rotatable bonds is 7. The van der Waals surface area contributed by atoms with Crippen molar-refractivity contribution in [3.05, 3.63) is 63.4 Å². The van der Waals surface area contributed by atoms with Gasteiger partial charge in [-0.2, -0.15) is 0 Å². The molecule has 0 aliphatic rings. The van der Waals surface area contributed by atoms with Crippen LogP contribution in [0.15, 0.2) is 36.4 Å². The molecule has 0 radical (unpaired) electrons. The monoisotopic (exact) mass is 399 g/mol. The van der Waals surface area contributed by atoms with Crippen molar-refractivity contribution in [1.82, 2.24) is 5.32 Å². The average Bonchev–Trinajstić information content (AvgIpc) is 2.59. The van der Waals surface area contributed by atoms with Crippen molar-refractivity contribution in [3.63, 3.8) is 0 Å². The molecule has 0 heterocycles. The number of esters is 1. The third kappa shape index (κ3) is 5.89. The second-order valence-electron chi connectivity index (χ2n) is 5.32. The van der Waals surface area contributed by atoms with Gasteiger partial charge in [0.15, 0.2) is 18.2 Å². The first-order valence-corrected chi connectivity index (χ1v) is 8.33. The molecule has 2 aromatic rings. The minimum atomic E-state index is -0.644. The van der Waals surface area contributed by atoms with Crippen molar-refractivity contribution in [2.24, 2.45) is 0 Å². The van der Waals surface area contributed by atoms with Gasteiger partial charge in [-0.25, -0.2) is 4.39 Å². The lowest BCUT2D eigenvalue weighted by molar-refractivity contribution is -0.147. The van der Waals surface area contributed by atoms with Crippen LogP contribution >= 0.6 is 23.2 Å². The molecule has 0 spiro atoms. The third-order valence-corrected chi connectivity index (χ3v) is 4.01. The fourth-order valence-corrected chi connectivity index (χ4v) is 2.57. The number of hydrogen-bond donors (Lipinski definition) is 1. The smallest absolute Gasteiger partial charge is 0.310 e. The van der Waals surface area contributed by atoms with E-state index in [1.807, 2.05) is 0 Å². The highest BCUT2D eigenvalue weighted by molar-refractivity contribution is 6.35. The van der Waals surface area contributed by atoms with E-state index in [1.54, 1.807) is 24.3 Å². The van der Waals surface area contributed by atoms with Crippen molar-refractivity contribution in [3.8, 4) is 5.75 Å². The molecule has 0 aliphatic heterocycles. The Kier molecular flexibility index (Phi) is 7.24. The van der Waals surface area contributed by atoms with E-state index in [4.69, 9.17) is 32.7 Å². The molecule has 1 N–H and O–H groups in total. The molecule has 2 aromatic carbocycles. The Labute approximate surface area is 160 Å². The van der Waals surface area contributed by atoms with Crippen LogP contribution in [-0.4, -0.2) is 25.6 Å². The molecule has 0 saturated carbocycles. The number of methoxy groups -OCH3 is 1. The summed E-state index contributed by atoms with van der Waals surface area (Å²) in [6, 6.07) is 9.06. The van der Waals surface area contributed by atoms with Crippen LogP contribution in [-0.2, 0) is 27.3 Å². The topological polar surface area (TPSA) is 64.6 Å². The number of hydrogen-bond acceptors (Lipinski definition) is 4. The molecular weight excluding hydrogens is 384 g/mol. The molecule has 0 aromatic heterocycles. The van der Waals surface area contributed by atoms with E-state index < -0.39 is 24.3 Å². The minimum absolute atomic E-state index is 0.0855. The normalized spacial score (nSPS) is 10.3. The maximum atomic E-state index is 13.6. The summed E-state index contributed by atoms with van der Waals surface area (Å²) in [5.74, 6) is -1.61. The number of carbonyl (C=O) groups is 2. The van der Waals surface area contributed by atoms with E-state index >= 15 is 0 Å². The molecule has 1 amide bonds. The Hall–Kier alpha value is -2.31. The van der Waals surface area contributed by atoms with Gasteiger partial charge in [0.1, 0.15) is 0 Å². The number of carbonyl (C=O) groups excluding carboxylic acids is 2. The largest absolute Gasteiger partial charge is 0.494 e. The van der Waals surface area contributed by atoms with Gasteiger partial charge < -0.3 is 14.8 Å².